The van der Waals surface area contributed by atoms with E-state index in [2.05, 4.69) is 36.2 Å². The molecule has 0 saturated carbocycles. The van der Waals surface area contributed by atoms with E-state index in [-0.39, 0.29) is 11.8 Å². The fourth-order valence-corrected chi connectivity index (χ4v) is 2.51. The van der Waals surface area contributed by atoms with E-state index in [0.29, 0.717) is 30.7 Å². The molecule has 0 radical (unpaired) electrons. The summed E-state index contributed by atoms with van der Waals surface area (Å²) < 4.78 is 5.19. The van der Waals surface area contributed by atoms with Crippen molar-refractivity contribution in [2.45, 2.75) is 59.5 Å². The summed E-state index contributed by atoms with van der Waals surface area (Å²) in [7, 11) is 1.60. The SMILES string of the molecule is C=C(CCCNC(=O)OC(C)(C)C)O/N=C(/c1ccc(C(=O)NC)cc1)C(C)CC. The molecule has 2 amide bonds. The van der Waals surface area contributed by atoms with Crippen molar-refractivity contribution in [3.63, 3.8) is 0 Å². The predicted molar refractivity (Wildman–Crippen MR) is 120 cm³/mol. The molecule has 0 saturated heterocycles. The van der Waals surface area contributed by atoms with Gasteiger partial charge in [0.15, 0.2) is 0 Å². The number of nitrogens with one attached hydrogen (secondary N) is 2. The molecule has 0 fully saturated rings. The molecule has 166 valence electrons. The molecule has 7 nitrogen and oxygen atoms in total. The summed E-state index contributed by atoms with van der Waals surface area (Å²) in [6.45, 7) is 14.0. The van der Waals surface area contributed by atoms with Gasteiger partial charge in [0.1, 0.15) is 11.4 Å². The van der Waals surface area contributed by atoms with Gasteiger partial charge in [0.05, 0.1) is 5.71 Å². The number of benzene rings is 1. The third-order valence-corrected chi connectivity index (χ3v) is 4.32. The normalized spacial score (nSPS) is 12.7. The molecule has 1 aromatic carbocycles. The molecule has 30 heavy (non-hydrogen) atoms. The zero-order valence-electron chi connectivity index (χ0n) is 19.0. The Kier molecular flexibility index (Phi) is 10.1. The minimum absolute atomic E-state index is 0.131. The number of allylic oxidation sites excluding steroid dienone is 1. The number of rotatable bonds is 10. The van der Waals surface area contributed by atoms with E-state index in [1.54, 1.807) is 19.2 Å². The Labute approximate surface area is 179 Å². The number of nitrogens with zero attached hydrogens (tertiary/aromatic N) is 1. The number of carbonyl (C=O) groups excluding carboxylic acids is 2. The molecular weight excluding hydrogens is 382 g/mol. The van der Waals surface area contributed by atoms with Gasteiger partial charge in [0.25, 0.3) is 5.91 Å². The fraction of sp³-hybridized carbons (Fsp3) is 0.522. The van der Waals surface area contributed by atoms with Crippen molar-refractivity contribution in [1.82, 2.24) is 10.6 Å². The highest BCUT2D eigenvalue weighted by Gasteiger charge is 2.16. The Hall–Kier alpha value is -2.83. The number of hydrogen-bond donors (Lipinski definition) is 2. The maximum atomic E-state index is 11.7. The second-order valence-electron chi connectivity index (χ2n) is 8.10. The third-order valence-electron chi connectivity index (χ3n) is 4.32. The van der Waals surface area contributed by atoms with Crippen molar-refractivity contribution in [2.75, 3.05) is 13.6 Å². The lowest BCUT2D eigenvalue weighted by Crippen LogP contribution is -2.33. The first-order valence-corrected chi connectivity index (χ1v) is 10.3. The number of carbonyl (C=O) groups is 2. The monoisotopic (exact) mass is 417 g/mol. The van der Waals surface area contributed by atoms with Crippen LogP contribution >= 0.6 is 0 Å². The number of amides is 2. The van der Waals surface area contributed by atoms with Gasteiger partial charge in [-0.3, -0.25) is 4.79 Å². The minimum Gasteiger partial charge on any atom is -0.444 e. The van der Waals surface area contributed by atoms with E-state index in [9.17, 15) is 9.59 Å². The molecule has 0 spiro atoms. The van der Waals surface area contributed by atoms with Crippen LogP contribution in [0.15, 0.2) is 41.8 Å². The van der Waals surface area contributed by atoms with Gasteiger partial charge in [-0.15, -0.1) is 0 Å². The van der Waals surface area contributed by atoms with Crippen molar-refractivity contribution in [3.8, 4) is 0 Å². The minimum atomic E-state index is -0.517. The Balaban J connectivity index is 2.63. The Morgan fingerprint density at radius 3 is 2.30 bits per heavy atom. The summed E-state index contributed by atoms with van der Waals surface area (Å²) in [5, 5.41) is 9.64. The number of oxime groups is 1. The van der Waals surface area contributed by atoms with Gasteiger partial charge in [-0.05, 0) is 51.3 Å². The molecule has 0 aliphatic rings. The summed E-state index contributed by atoms with van der Waals surface area (Å²) in [5.74, 6) is 0.564. The fourth-order valence-electron chi connectivity index (χ4n) is 2.51. The third kappa shape index (κ3) is 9.11. The van der Waals surface area contributed by atoms with Gasteiger partial charge < -0.3 is 20.2 Å². The van der Waals surface area contributed by atoms with Crippen LogP contribution in [0.3, 0.4) is 0 Å². The average molecular weight is 418 g/mol. The molecule has 0 aliphatic heterocycles. The smallest absolute Gasteiger partial charge is 0.407 e. The Bertz CT molecular complexity index is 749. The van der Waals surface area contributed by atoms with E-state index in [1.165, 1.54) is 0 Å². The van der Waals surface area contributed by atoms with Crippen molar-refractivity contribution in [3.05, 3.63) is 47.7 Å². The topological polar surface area (TPSA) is 89.0 Å². The van der Waals surface area contributed by atoms with Gasteiger partial charge in [-0.25, -0.2) is 4.79 Å². The molecule has 0 aliphatic carbocycles. The van der Waals surface area contributed by atoms with Gasteiger partial charge in [0.2, 0.25) is 0 Å². The molecule has 1 atom stereocenters. The summed E-state index contributed by atoms with van der Waals surface area (Å²) in [6.07, 6.45) is 1.67. The zero-order valence-corrected chi connectivity index (χ0v) is 19.0. The molecule has 1 unspecified atom stereocenters. The first-order chi connectivity index (χ1) is 14.1. The lowest BCUT2D eigenvalue weighted by atomic mass is 9.95. The lowest BCUT2D eigenvalue weighted by molar-refractivity contribution is 0.0526. The molecular formula is C23H35N3O4. The van der Waals surface area contributed by atoms with E-state index in [0.717, 1.165) is 17.7 Å². The highest BCUT2D eigenvalue weighted by atomic mass is 16.6. The molecule has 0 bridgehead atoms. The maximum Gasteiger partial charge on any atom is 0.407 e. The standard InChI is InChI=1S/C23H35N3O4/c1-8-16(2)20(18-11-13-19(14-12-18)21(27)24-7)26-30-17(3)10-9-15-25-22(28)29-23(4,5)6/h11-14,16H,3,8-10,15H2,1-2,4-7H3,(H,24,27)(H,25,28)/b26-20+. The number of alkyl carbamates (subject to hydrolysis) is 1. The maximum absolute atomic E-state index is 11.7. The van der Waals surface area contributed by atoms with Crippen molar-refractivity contribution in [1.29, 1.82) is 0 Å². The van der Waals surface area contributed by atoms with Crippen molar-refractivity contribution >= 4 is 17.7 Å². The van der Waals surface area contributed by atoms with E-state index in [1.807, 2.05) is 32.9 Å². The quantitative estimate of drug-likeness (QED) is 0.251. The molecule has 1 aromatic rings. The number of ether oxygens (including phenoxy) is 1. The van der Waals surface area contributed by atoms with Crippen LogP contribution < -0.4 is 10.6 Å². The summed E-state index contributed by atoms with van der Waals surface area (Å²) in [4.78, 5) is 28.9. The van der Waals surface area contributed by atoms with Crippen LogP contribution in [0.4, 0.5) is 4.79 Å². The number of hydrogen-bond acceptors (Lipinski definition) is 5. The molecule has 1 rings (SSSR count). The van der Waals surface area contributed by atoms with Crippen molar-refractivity contribution < 1.29 is 19.2 Å². The van der Waals surface area contributed by atoms with Crippen LogP contribution in [0.2, 0.25) is 0 Å². The lowest BCUT2D eigenvalue weighted by Gasteiger charge is -2.19. The second-order valence-corrected chi connectivity index (χ2v) is 8.10. The Morgan fingerprint density at radius 2 is 1.77 bits per heavy atom. The van der Waals surface area contributed by atoms with Crippen molar-refractivity contribution in [2.24, 2.45) is 11.1 Å². The molecule has 0 aromatic heterocycles. The van der Waals surface area contributed by atoms with Gasteiger partial charge in [-0.2, -0.15) is 0 Å². The molecule has 0 heterocycles. The van der Waals surface area contributed by atoms with Crippen LogP contribution in [-0.4, -0.2) is 36.9 Å². The molecule has 2 N–H and O–H groups in total. The first kappa shape index (κ1) is 25.2. The van der Waals surface area contributed by atoms with Crippen LogP contribution in [0, 0.1) is 5.92 Å². The second kappa shape index (κ2) is 12.0. The first-order valence-electron chi connectivity index (χ1n) is 10.3. The average Bonchev–Trinajstić information content (AvgIpc) is 2.69. The highest BCUT2D eigenvalue weighted by molar-refractivity contribution is 6.02. The van der Waals surface area contributed by atoms with Gasteiger partial charge >= 0.3 is 6.09 Å². The van der Waals surface area contributed by atoms with E-state index >= 15 is 0 Å². The summed E-state index contributed by atoms with van der Waals surface area (Å²) in [5.41, 5.74) is 1.77. The van der Waals surface area contributed by atoms with E-state index in [4.69, 9.17) is 9.57 Å². The largest absolute Gasteiger partial charge is 0.444 e. The molecule has 7 heteroatoms. The van der Waals surface area contributed by atoms with Crippen LogP contribution in [0.1, 0.15) is 69.8 Å². The van der Waals surface area contributed by atoms with Gasteiger partial charge in [-0.1, -0.05) is 37.7 Å². The summed E-state index contributed by atoms with van der Waals surface area (Å²) in [6, 6.07) is 7.27. The zero-order chi connectivity index (χ0) is 22.7. The van der Waals surface area contributed by atoms with Crippen LogP contribution in [0.5, 0.6) is 0 Å². The van der Waals surface area contributed by atoms with Crippen LogP contribution in [0.25, 0.3) is 0 Å². The van der Waals surface area contributed by atoms with Gasteiger partial charge in [0, 0.05) is 31.5 Å². The summed E-state index contributed by atoms with van der Waals surface area (Å²) >= 11 is 0. The Morgan fingerprint density at radius 1 is 1.17 bits per heavy atom. The predicted octanol–water partition coefficient (Wildman–Crippen LogP) is 4.63. The highest BCUT2D eigenvalue weighted by Crippen LogP contribution is 2.16. The van der Waals surface area contributed by atoms with E-state index < -0.39 is 11.7 Å². The van der Waals surface area contributed by atoms with Crippen LogP contribution in [-0.2, 0) is 9.57 Å².